The molecular weight excluding hydrogens is 416 g/mol. The number of aryl methyl sites for hydroxylation is 1. The topological polar surface area (TPSA) is 74.8 Å². The molecule has 166 valence electrons. The molecule has 1 aliphatic heterocycles. The summed E-state index contributed by atoms with van der Waals surface area (Å²) in [7, 11) is 3.65. The molecule has 1 aromatic carbocycles. The van der Waals surface area contributed by atoms with E-state index in [4.69, 9.17) is 4.74 Å². The van der Waals surface area contributed by atoms with Crippen LogP contribution in [0.2, 0.25) is 0 Å². The molecule has 0 unspecified atom stereocenters. The molecule has 0 atom stereocenters. The summed E-state index contributed by atoms with van der Waals surface area (Å²) in [6.07, 6.45) is 4.94. The Morgan fingerprint density at radius 3 is 2.87 bits per heavy atom. The number of ether oxygens (including phenoxy) is 1. The highest BCUT2D eigenvalue weighted by Crippen LogP contribution is 2.25. The van der Waals surface area contributed by atoms with Gasteiger partial charge >= 0.3 is 0 Å². The molecule has 31 heavy (non-hydrogen) atoms. The number of anilines is 1. The second-order valence-corrected chi connectivity index (χ2v) is 7.52. The molecule has 1 aliphatic rings. The summed E-state index contributed by atoms with van der Waals surface area (Å²) in [5.41, 5.74) is 3.77. The summed E-state index contributed by atoms with van der Waals surface area (Å²) in [6.45, 7) is 5.93. The lowest BCUT2D eigenvalue weighted by Crippen LogP contribution is -2.26. The number of fused-ring (bicyclic) bond motifs is 1. The minimum Gasteiger partial charge on any atom is -0.493 e. The smallest absolute Gasteiger partial charge is 0.246 e. The van der Waals surface area contributed by atoms with Gasteiger partial charge in [0.1, 0.15) is 11.6 Å². The van der Waals surface area contributed by atoms with Gasteiger partial charge in [-0.2, -0.15) is 0 Å². The highest BCUT2D eigenvalue weighted by atomic mass is 35.5. The largest absolute Gasteiger partial charge is 0.493 e. The SMILES string of the molecule is CCOc1c(C)cccc1CN(C)C(=O)C=Cc1cnc2c(c1)CN(C)CC(=O)N2.Cl. The third kappa shape index (κ3) is 6.29. The summed E-state index contributed by atoms with van der Waals surface area (Å²) >= 11 is 0. The first-order chi connectivity index (χ1) is 14.4. The number of carbonyl (C=O) groups is 2. The van der Waals surface area contributed by atoms with Gasteiger partial charge in [-0.15, -0.1) is 12.4 Å². The van der Waals surface area contributed by atoms with Crippen molar-refractivity contribution in [2.75, 3.05) is 32.6 Å². The molecule has 0 saturated heterocycles. The molecular formula is C23H29ClN4O3. The fraction of sp³-hybridized carbons (Fsp3) is 0.348. The van der Waals surface area contributed by atoms with Crippen molar-refractivity contribution in [1.29, 1.82) is 0 Å². The quantitative estimate of drug-likeness (QED) is 0.692. The Balaban J connectivity index is 0.00000341. The van der Waals surface area contributed by atoms with E-state index in [1.807, 2.05) is 50.1 Å². The number of nitrogens with zero attached hydrogens (tertiary/aromatic N) is 3. The van der Waals surface area contributed by atoms with Gasteiger partial charge in [0.05, 0.1) is 13.2 Å². The van der Waals surface area contributed by atoms with Crippen molar-refractivity contribution in [2.24, 2.45) is 0 Å². The molecule has 8 heteroatoms. The number of hydrogen-bond acceptors (Lipinski definition) is 5. The van der Waals surface area contributed by atoms with E-state index in [0.29, 0.717) is 32.1 Å². The standard InChI is InChI=1S/C23H28N4O3.ClH/c1-5-30-22-16(2)7-6-8-18(22)14-27(4)21(29)10-9-17-11-19-13-26(3)15-20(28)25-23(19)24-12-17;/h6-12H,5,13-15H2,1-4H3,(H,24,25,28);1H. The van der Waals surface area contributed by atoms with Crippen molar-refractivity contribution in [3.63, 3.8) is 0 Å². The monoisotopic (exact) mass is 444 g/mol. The zero-order valence-corrected chi connectivity index (χ0v) is 19.2. The number of nitrogens with one attached hydrogen (secondary N) is 1. The summed E-state index contributed by atoms with van der Waals surface area (Å²) in [4.78, 5) is 32.3. The molecule has 0 bridgehead atoms. The number of carbonyl (C=O) groups excluding carboxylic acids is 2. The van der Waals surface area contributed by atoms with Gasteiger partial charge < -0.3 is 15.0 Å². The lowest BCUT2D eigenvalue weighted by molar-refractivity contribution is -0.125. The van der Waals surface area contributed by atoms with E-state index in [0.717, 1.165) is 28.0 Å². The number of pyridine rings is 1. The lowest BCUT2D eigenvalue weighted by atomic mass is 10.1. The van der Waals surface area contributed by atoms with Gasteiger partial charge in [-0.25, -0.2) is 4.98 Å². The molecule has 0 radical (unpaired) electrons. The molecule has 7 nitrogen and oxygen atoms in total. The van der Waals surface area contributed by atoms with Crippen LogP contribution in [0.4, 0.5) is 5.82 Å². The Hall–Kier alpha value is -2.90. The molecule has 2 amide bonds. The molecule has 2 heterocycles. The Kier molecular flexibility index (Phi) is 8.59. The molecule has 0 aliphatic carbocycles. The number of para-hydroxylation sites is 1. The Bertz CT molecular complexity index is 977. The molecule has 0 spiro atoms. The fourth-order valence-corrected chi connectivity index (χ4v) is 3.43. The normalized spacial score (nSPS) is 13.7. The van der Waals surface area contributed by atoms with Crippen LogP contribution in [0.5, 0.6) is 5.75 Å². The zero-order valence-electron chi connectivity index (χ0n) is 18.3. The maximum absolute atomic E-state index is 12.6. The van der Waals surface area contributed by atoms with Crippen molar-refractivity contribution < 1.29 is 14.3 Å². The lowest BCUT2D eigenvalue weighted by Gasteiger charge is -2.19. The number of rotatable bonds is 6. The maximum atomic E-state index is 12.6. The number of halogens is 1. The Morgan fingerprint density at radius 1 is 1.35 bits per heavy atom. The number of amides is 2. The minimum atomic E-state index is -0.112. The van der Waals surface area contributed by atoms with Crippen molar-refractivity contribution in [3.05, 3.63) is 58.8 Å². The van der Waals surface area contributed by atoms with Gasteiger partial charge in [0.25, 0.3) is 0 Å². The van der Waals surface area contributed by atoms with E-state index in [1.165, 1.54) is 0 Å². The molecule has 1 N–H and O–H groups in total. The zero-order chi connectivity index (χ0) is 21.7. The van der Waals surface area contributed by atoms with Crippen molar-refractivity contribution >= 4 is 36.1 Å². The van der Waals surface area contributed by atoms with Gasteiger partial charge in [-0.1, -0.05) is 18.2 Å². The average molecular weight is 445 g/mol. The second-order valence-electron chi connectivity index (χ2n) is 7.52. The van der Waals surface area contributed by atoms with Crippen LogP contribution in [0.15, 0.2) is 36.5 Å². The first-order valence-electron chi connectivity index (χ1n) is 9.99. The van der Waals surface area contributed by atoms with Crippen LogP contribution < -0.4 is 10.1 Å². The van der Waals surface area contributed by atoms with Crippen molar-refractivity contribution in [3.8, 4) is 5.75 Å². The summed E-state index contributed by atoms with van der Waals surface area (Å²) in [6, 6.07) is 7.90. The molecule has 0 fully saturated rings. The number of hydrogen-bond donors (Lipinski definition) is 1. The van der Waals surface area contributed by atoms with Gasteiger partial charge in [0, 0.05) is 43.5 Å². The van der Waals surface area contributed by atoms with E-state index in [2.05, 4.69) is 10.3 Å². The van der Waals surface area contributed by atoms with Crippen LogP contribution in [0.3, 0.4) is 0 Å². The minimum absolute atomic E-state index is 0. The van der Waals surface area contributed by atoms with Crippen LogP contribution in [0, 0.1) is 6.92 Å². The Labute approximate surface area is 189 Å². The van der Waals surface area contributed by atoms with Gasteiger partial charge in [0.2, 0.25) is 11.8 Å². The molecule has 3 rings (SSSR count). The first kappa shape index (κ1) is 24.4. The average Bonchev–Trinajstić information content (AvgIpc) is 2.84. The summed E-state index contributed by atoms with van der Waals surface area (Å²) in [5.74, 6) is 1.23. The van der Waals surface area contributed by atoms with Crippen LogP contribution in [-0.2, 0) is 22.7 Å². The summed E-state index contributed by atoms with van der Waals surface area (Å²) < 4.78 is 5.76. The number of likely N-dealkylation sites (N-methyl/N-ethyl adjacent to an activating group) is 2. The Morgan fingerprint density at radius 2 is 2.13 bits per heavy atom. The van der Waals surface area contributed by atoms with Crippen LogP contribution in [0.1, 0.15) is 29.2 Å². The van der Waals surface area contributed by atoms with Gasteiger partial charge in [-0.3, -0.25) is 14.5 Å². The van der Waals surface area contributed by atoms with Gasteiger partial charge in [0.15, 0.2) is 0 Å². The van der Waals surface area contributed by atoms with Crippen molar-refractivity contribution in [2.45, 2.75) is 26.9 Å². The highest BCUT2D eigenvalue weighted by molar-refractivity contribution is 5.93. The van der Waals surface area contributed by atoms with Crippen molar-refractivity contribution in [1.82, 2.24) is 14.8 Å². The fourth-order valence-electron chi connectivity index (χ4n) is 3.43. The highest BCUT2D eigenvalue weighted by Gasteiger charge is 2.17. The number of benzene rings is 1. The number of aromatic nitrogens is 1. The van der Waals surface area contributed by atoms with Crippen LogP contribution in [-0.4, -0.2) is 53.8 Å². The van der Waals surface area contributed by atoms with E-state index in [9.17, 15) is 9.59 Å². The van der Waals surface area contributed by atoms with E-state index >= 15 is 0 Å². The van der Waals surface area contributed by atoms with Crippen LogP contribution >= 0.6 is 12.4 Å². The van der Waals surface area contributed by atoms with Crippen LogP contribution in [0.25, 0.3) is 6.08 Å². The molecule has 2 aromatic rings. The predicted octanol–water partition coefficient (Wildman–Crippen LogP) is 3.27. The molecule has 0 saturated carbocycles. The third-order valence-electron chi connectivity index (χ3n) is 4.88. The predicted molar refractivity (Wildman–Crippen MR) is 124 cm³/mol. The molecule has 1 aromatic heterocycles. The third-order valence-corrected chi connectivity index (χ3v) is 4.88. The second kappa shape index (κ2) is 10.9. The maximum Gasteiger partial charge on any atom is 0.246 e. The van der Waals surface area contributed by atoms with Gasteiger partial charge in [-0.05, 0) is 44.2 Å². The first-order valence-corrected chi connectivity index (χ1v) is 9.99. The van der Waals surface area contributed by atoms with E-state index in [1.54, 1.807) is 30.3 Å². The summed E-state index contributed by atoms with van der Waals surface area (Å²) in [5, 5.41) is 2.81. The van der Waals surface area contributed by atoms with E-state index < -0.39 is 0 Å². The van der Waals surface area contributed by atoms with E-state index in [-0.39, 0.29) is 24.2 Å².